The van der Waals surface area contributed by atoms with Gasteiger partial charge in [0.15, 0.2) is 23.7 Å². The molecule has 2 amide bonds. The molecule has 0 saturated heterocycles. The van der Waals surface area contributed by atoms with Crippen LogP contribution >= 0.6 is 22.6 Å². The lowest BCUT2D eigenvalue weighted by molar-refractivity contribution is -0.136. The van der Waals surface area contributed by atoms with Crippen molar-refractivity contribution >= 4 is 46.3 Å². The van der Waals surface area contributed by atoms with Crippen LogP contribution < -0.4 is 20.2 Å². The van der Waals surface area contributed by atoms with Crippen LogP contribution in [0, 0.1) is 3.57 Å². The zero-order valence-corrected chi connectivity index (χ0v) is 23.9. The molecule has 204 valence electrons. The van der Waals surface area contributed by atoms with E-state index in [1.807, 2.05) is 37.3 Å². The predicted molar refractivity (Wildman–Crippen MR) is 163 cm³/mol. The Kier molecular flexibility index (Phi) is 9.87. The van der Waals surface area contributed by atoms with Gasteiger partial charge < -0.3 is 19.9 Å². The first-order valence-electron chi connectivity index (χ1n) is 12.5. The van der Waals surface area contributed by atoms with E-state index in [1.54, 1.807) is 72.8 Å². The maximum atomic E-state index is 13.3. The van der Waals surface area contributed by atoms with Gasteiger partial charge in [-0.3, -0.25) is 9.59 Å². The Labute approximate surface area is 246 Å². The SMILES string of the molecule is CCOc1cc(/C=N\NC(=O)C(O)(c2ccccc2)c2ccccc2)cc(I)c1OCC(=O)Nc1ccccc1. The first kappa shape index (κ1) is 28.8. The van der Waals surface area contributed by atoms with Gasteiger partial charge in [-0.05, 0) is 70.5 Å². The lowest BCUT2D eigenvalue weighted by Crippen LogP contribution is -2.43. The fourth-order valence-electron chi connectivity index (χ4n) is 3.96. The molecule has 0 aliphatic carbocycles. The van der Waals surface area contributed by atoms with Crippen molar-refractivity contribution in [2.24, 2.45) is 5.10 Å². The monoisotopic (exact) mass is 649 g/mol. The maximum absolute atomic E-state index is 13.3. The number of nitrogens with one attached hydrogen (secondary N) is 2. The van der Waals surface area contributed by atoms with Crippen molar-refractivity contribution in [2.75, 3.05) is 18.5 Å². The normalized spacial score (nSPS) is 11.2. The van der Waals surface area contributed by atoms with Crippen molar-refractivity contribution in [3.05, 3.63) is 123 Å². The van der Waals surface area contributed by atoms with E-state index in [0.29, 0.717) is 44.1 Å². The molecule has 0 atom stereocenters. The Morgan fingerprint density at radius 2 is 1.48 bits per heavy atom. The van der Waals surface area contributed by atoms with Gasteiger partial charge in [0.05, 0.1) is 16.4 Å². The predicted octanol–water partition coefficient (Wildman–Crippen LogP) is 5.09. The summed E-state index contributed by atoms with van der Waals surface area (Å²) < 4.78 is 12.2. The zero-order chi connectivity index (χ0) is 28.4. The molecule has 0 bridgehead atoms. The number of anilines is 1. The van der Waals surface area contributed by atoms with Crippen molar-refractivity contribution < 1.29 is 24.2 Å². The minimum atomic E-state index is -1.94. The summed E-state index contributed by atoms with van der Waals surface area (Å²) in [6.07, 6.45) is 1.45. The van der Waals surface area contributed by atoms with E-state index < -0.39 is 11.5 Å². The summed E-state index contributed by atoms with van der Waals surface area (Å²) in [5.74, 6) is -0.151. The van der Waals surface area contributed by atoms with Crippen LogP contribution in [0.15, 0.2) is 108 Å². The van der Waals surface area contributed by atoms with Crippen LogP contribution in [0.3, 0.4) is 0 Å². The highest BCUT2D eigenvalue weighted by atomic mass is 127. The van der Waals surface area contributed by atoms with Gasteiger partial charge in [0, 0.05) is 5.69 Å². The third-order valence-electron chi connectivity index (χ3n) is 5.83. The molecule has 0 aliphatic heterocycles. The Morgan fingerprint density at radius 1 is 0.900 bits per heavy atom. The molecule has 9 heteroatoms. The Hall–Kier alpha value is -4.22. The van der Waals surface area contributed by atoms with E-state index >= 15 is 0 Å². The van der Waals surface area contributed by atoms with Gasteiger partial charge >= 0.3 is 0 Å². The van der Waals surface area contributed by atoms with Gasteiger partial charge in [0.1, 0.15) is 0 Å². The second-order valence-corrected chi connectivity index (χ2v) is 9.77. The van der Waals surface area contributed by atoms with Crippen molar-refractivity contribution in [3.63, 3.8) is 0 Å². The second-order valence-electron chi connectivity index (χ2n) is 8.61. The molecule has 8 nitrogen and oxygen atoms in total. The first-order chi connectivity index (χ1) is 19.4. The maximum Gasteiger partial charge on any atom is 0.281 e. The number of halogens is 1. The summed E-state index contributed by atoms with van der Waals surface area (Å²) >= 11 is 2.09. The number of hydrazone groups is 1. The van der Waals surface area contributed by atoms with Crippen LogP contribution in [0.1, 0.15) is 23.6 Å². The zero-order valence-electron chi connectivity index (χ0n) is 21.7. The average Bonchev–Trinajstić information content (AvgIpc) is 2.98. The second kappa shape index (κ2) is 13.7. The largest absolute Gasteiger partial charge is 0.490 e. The molecule has 0 radical (unpaired) electrons. The Bertz CT molecular complexity index is 1430. The van der Waals surface area contributed by atoms with Gasteiger partial charge in [-0.25, -0.2) is 5.43 Å². The number of benzene rings is 4. The van der Waals surface area contributed by atoms with Gasteiger partial charge in [-0.15, -0.1) is 0 Å². The standard InChI is InChI=1S/C31H28IN3O5/c1-2-39-27-19-22(18-26(32)29(27)40-21-28(36)34-25-16-10-5-11-17-25)20-33-35-30(37)31(38,23-12-6-3-7-13-23)24-14-8-4-9-15-24/h3-20,38H,2,21H2,1H3,(H,34,36)(H,35,37)/b33-20-. The number of carbonyl (C=O) groups is 2. The van der Waals surface area contributed by atoms with E-state index in [4.69, 9.17) is 9.47 Å². The Morgan fingerprint density at radius 3 is 2.05 bits per heavy atom. The molecule has 4 aromatic carbocycles. The van der Waals surface area contributed by atoms with Crippen molar-refractivity contribution in [1.29, 1.82) is 0 Å². The van der Waals surface area contributed by atoms with Gasteiger partial charge in [-0.2, -0.15) is 5.10 Å². The van der Waals surface area contributed by atoms with Gasteiger partial charge in [-0.1, -0.05) is 78.9 Å². The van der Waals surface area contributed by atoms with Crippen LogP contribution in [-0.2, 0) is 15.2 Å². The summed E-state index contributed by atoms with van der Waals surface area (Å²) in [4.78, 5) is 25.6. The number of nitrogens with zero attached hydrogens (tertiary/aromatic N) is 1. The molecule has 3 N–H and O–H groups in total. The molecule has 0 heterocycles. The van der Waals surface area contributed by atoms with Gasteiger partial charge in [0.2, 0.25) is 0 Å². The molecule has 0 aliphatic rings. The number of amides is 2. The smallest absolute Gasteiger partial charge is 0.281 e. The molecule has 0 spiro atoms. The molecular formula is C31H28IN3O5. The fraction of sp³-hybridized carbons (Fsp3) is 0.129. The molecule has 0 unspecified atom stereocenters. The molecule has 0 fully saturated rings. The number of para-hydroxylation sites is 1. The molecule has 0 saturated carbocycles. The van der Waals surface area contributed by atoms with E-state index in [0.717, 1.165) is 0 Å². The minimum Gasteiger partial charge on any atom is -0.490 e. The number of ether oxygens (including phenoxy) is 2. The molecule has 40 heavy (non-hydrogen) atoms. The number of aliphatic hydroxyl groups is 1. The number of rotatable bonds is 11. The van der Waals surface area contributed by atoms with Crippen LogP contribution in [-0.4, -0.2) is 36.3 Å². The van der Waals surface area contributed by atoms with Crippen molar-refractivity contribution in [2.45, 2.75) is 12.5 Å². The average molecular weight is 649 g/mol. The number of hydrogen-bond acceptors (Lipinski definition) is 6. The van der Waals surface area contributed by atoms with Crippen LogP contribution in [0.2, 0.25) is 0 Å². The summed E-state index contributed by atoms with van der Waals surface area (Å²) in [7, 11) is 0. The summed E-state index contributed by atoms with van der Waals surface area (Å²) in [6, 6.07) is 30.0. The lowest BCUT2D eigenvalue weighted by atomic mass is 9.85. The summed E-state index contributed by atoms with van der Waals surface area (Å²) in [6.45, 7) is 2.01. The molecule has 4 rings (SSSR count). The molecule has 0 aromatic heterocycles. The molecule has 4 aromatic rings. The fourth-order valence-corrected chi connectivity index (χ4v) is 4.74. The van der Waals surface area contributed by atoms with E-state index in [1.165, 1.54) is 6.21 Å². The lowest BCUT2D eigenvalue weighted by Gasteiger charge is -2.27. The highest BCUT2D eigenvalue weighted by Crippen LogP contribution is 2.34. The van der Waals surface area contributed by atoms with Crippen molar-refractivity contribution in [3.8, 4) is 11.5 Å². The first-order valence-corrected chi connectivity index (χ1v) is 13.6. The third kappa shape index (κ3) is 7.04. The Balaban J connectivity index is 1.49. The quantitative estimate of drug-likeness (QED) is 0.119. The van der Waals surface area contributed by atoms with Crippen LogP contribution in [0.25, 0.3) is 0 Å². The number of hydrogen-bond donors (Lipinski definition) is 3. The minimum absolute atomic E-state index is 0.202. The van der Waals surface area contributed by atoms with E-state index in [9.17, 15) is 14.7 Å². The summed E-state index contributed by atoms with van der Waals surface area (Å²) in [5.41, 5.74) is 2.66. The van der Waals surface area contributed by atoms with Crippen LogP contribution in [0.4, 0.5) is 5.69 Å². The highest BCUT2D eigenvalue weighted by Gasteiger charge is 2.39. The van der Waals surface area contributed by atoms with Gasteiger partial charge in [0.25, 0.3) is 11.8 Å². The summed E-state index contributed by atoms with van der Waals surface area (Å²) in [5, 5.41) is 18.4. The number of carbonyl (C=O) groups excluding carboxylic acids is 2. The molecular weight excluding hydrogens is 621 g/mol. The highest BCUT2D eigenvalue weighted by molar-refractivity contribution is 14.1. The van der Waals surface area contributed by atoms with E-state index in [-0.39, 0.29) is 12.5 Å². The van der Waals surface area contributed by atoms with Crippen molar-refractivity contribution in [1.82, 2.24) is 5.43 Å². The van der Waals surface area contributed by atoms with E-state index in [2.05, 4.69) is 38.4 Å². The third-order valence-corrected chi connectivity index (χ3v) is 6.63. The topological polar surface area (TPSA) is 109 Å². The van der Waals surface area contributed by atoms with Crippen LogP contribution in [0.5, 0.6) is 11.5 Å².